The maximum atomic E-state index is 13.4. The Bertz CT molecular complexity index is 1050. The second-order valence-electron chi connectivity index (χ2n) is 7.06. The summed E-state index contributed by atoms with van der Waals surface area (Å²) in [5, 5.41) is 9.35. The van der Waals surface area contributed by atoms with Crippen molar-refractivity contribution in [2.45, 2.75) is 25.9 Å². The van der Waals surface area contributed by atoms with Gasteiger partial charge in [0.15, 0.2) is 0 Å². The lowest BCUT2D eigenvalue weighted by Crippen LogP contribution is -2.38. The molecule has 162 valence electrons. The van der Waals surface area contributed by atoms with E-state index in [4.69, 9.17) is 21.1 Å². The number of carbonyl (C=O) groups is 1. The zero-order valence-corrected chi connectivity index (χ0v) is 18.5. The number of hydrogen-bond donors (Lipinski definition) is 0. The number of esters is 1. The first kappa shape index (κ1) is 21.5. The molecule has 3 aromatic rings. The van der Waals surface area contributed by atoms with Crippen LogP contribution in [0.3, 0.4) is 0 Å². The zero-order valence-electron chi connectivity index (χ0n) is 16.9. The Morgan fingerprint density at radius 1 is 1.19 bits per heavy atom. The van der Waals surface area contributed by atoms with Crippen molar-refractivity contribution >= 4 is 34.6 Å². The van der Waals surface area contributed by atoms with Gasteiger partial charge in [-0.2, -0.15) is 0 Å². The Morgan fingerprint density at radius 3 is 2.65 bits per heavy atom. The number of piperidine rings is 1. The highest BCUT2D eigenvalue weighted by atomic mass is 35.5. The SMILES string of the molecule is CCOC(=O)c1nnc(-c2ccc(N3CCC(Oc4cc(F)ccc4Cl)CC3)cc2)s1. The van der Waals surface area contributed by atoms with Crippen molar-refractivity contribution in [2.24, 2.45) is 0 Å². The smallest absolute Gasteiger partial charge is 0.369 e. The predicted molar refractivity (Wildman–Crippen MR) is 119 cm³/mol. The first-order valence-corrected chi connectivity index (χ1v) is 11.2. The first-order chi connectivity index (χ1) is 15.0. The van der Waals surface area contributed by atoms with Crippen LogP contribution in [0.2, 0.25) is 5.02 Å². The minimum Gasteiger partial charge on any atom is -0.489 e. The molecule has 1 aromatic heterocycles. The average molecular weight is 462 g/mol. The van der Waals surface area contributed by atoms with Crippen LogP contribution in [-0.4, -0.2) is 42.0 Å². The molecule has 1 aliphatic rings. The molecule has 0 atom stereocenters. The second-order valence-corrected chi connectivity index (χ2v) is 8.44. The molecule has 0 unspecified atom stereocenters. The van der Waals surface area contributed by atoms with Crippen LogP contribution in [0.4, 0.5) is 10.1 Å². The third-order valence-electron chi connectivity index (χ3n) is 4.98. The van der Waals surface area contributed by atoms with Crippen LogP contribution in [0, 0.1) is 5.82 Å². The van der Waals surface area contributed by atoms with Crippen molar-refractivity contribution in [3.63, 3.8) is 0 Å². The molecule has 2 heterocycles. The highest BCUT2D eigenvalue weighted by Crippen LogP contribution is 2.30. The van der Waals surface area contributed by atoms with E-state index in [1.54, 1.807) is 6.92 Å². The quantitative estimate of drug-likeness (QED) is 0.469. The summed E-state index contributed by atoms with van der Waals surface area (Å²) in [6.45, 7) is 3.70. The van der Waals surface area contributed by atoms with Crippen molar-refractivity contribution in [1.82, 2.24) is 10.2 Å². The molecule has 31 heavy (non-hydrogen) atoms. The number of rotatable bonds is 6. The molecule has 0 spiro atoms. The van der Waals surface area contributed by atoms with Gasteiger partial charge in [0, 0.05) is 43.2 Å². The number of nitrogens with zero attached hydrogens (tertiary/aromatic N) is 3. The van der Waals surface area contributed by atoms with Crippen molar-refractivity contribution in [3.05, 3.63) is 58.3 Å². The van der Waals surface area contributed by atoms with Crippen molar-refractivity contribution < 1.29 is 18.7 Å². The molecule has 9 heteroatoms. The van der Waals surface area contributed by atoms with E-state index in [0.29, 0.717) is 22.4 Å². The van der Waals surface area contributed by atoms with Gasteiger partial charge in [-0.25, -0.2) is 9.18 Å². The van der Waals surface area contributed by atoms with E-state index in [1.165, 1.54) is 29.5 Å². The van der Waals surface area contributed by atoms with Crippen LogP contribution < -0.4 is 9.64 Å². The zero-order chi connectivity index (χ0) is 21.8. The van der Waals surface area contributed by atoms with Gasteiger partial charge < -0.3 is 14.4 Å². The molecule has 6 nitrogen and oxygen atoms in total. The lowest BCUT2D eigenvalue weighted by atomic mass is 10.1. The van der Waals surface area contributed by atoms with Gasteiger partial charge in [-0.05, 0) is 43.3 Å². The largest absolute Gasteiger partial charge is 0.489 e. The van der Waals surface area contributed by atoms with Gasteiger partial charge in [0.25, 0.3) is 0 Å². The molecular weight excluding hydrogens is 441 g/mol. The van der Waals surface area contributed by atoms with Crippen LogP contribution in [0.25, 0.3) is 10.6 Å². The number of carbonyl (C=O) groups excluding carboxylic acids is 1. The number of halogens is 2. The maximum Gasteiger partial charge on any atom is 0.369 e. The Hall–Kier alpha value is -2.71. The molecular formula is C22H21ClFN3O3S. The molecule has 0 bridgehead atoms. The van der Waals surface area contributed by atoms with Gasteiger partial charge in [-0.1, -0.05) is 22.9 Å². The molecule has 0 amide bonds. The fourth-order valence-corrected chi connectivity index (χ4v) is 4.31. The van der Waals surface area contributed by atoms with Gasteiger partial charge in [0.2, 0.25) is 5.01 Å². The topological polar surface area (TPSA) is 64.5 Å². The summed E-state index contributed by atoms with van der Waals surface area (Å²) < 4.78 is 24.3. The predicted octanol–water partition coefficient (Wildman–Crippen LogP) is 5.22. The summed E-state index contributed by atoms with van der Waals surface area (Å²) in [4.78, 5) is 14.0. The van der Waals surface area contributed by atoms with E-state index in [1.807, 2.05) is 24.3 Å². The van der Waals surface area contributed by atoms with Gasteiger partial charge in [0.05, 0.1) is 11.6 Å². The number of ether oxygens (including phenoxy) is 2. The highest BCUT2D eigenvalue weighted by Gasteiger charge is 2.22. The average Bonchev–Trinajstić information content (AvgIpc) is 3.28. The van der Waals surface area contributed by atoms with Gasteiger partial charge in [-0.15, -0.1) is 10.2 Å². The van der Waals surface area contributed by atoms with Crippen molar-refractivity contribution in [3.8, 4) is 16.3 Å². The fourth-order valence-electron chi connectivity index (χ4n) is 3.41. The van der Waals surface area contributed by atoms with Gasteiger partial charge >= 0.3 is 5.97 Å². The molecule has 1 aliphatic heterocycles. The molecule has 0 N–H and O–H groups in total. The van der Waals surface area contributed by atoms with Crippen LogP contribution in [0.5, 0.6) is 5.75 Å². The number of aromatic nitrogens is 2. The van der Waals surface area contributed by atoms with E-state index < -0.39 is 5.97 Å². The number of anilines is 1. The molecule has 1 fully saturated rings. The standard InChI is InChI=1S/C22H21ClFN3O3S/c1-2-29-22(28)21-26-25-20(31-21)14-3-6-16(7-4-14)27-11-9-17(10-12-27)30-19-13-15(24)5-8-18(19)23/h3-8,13,17H,2,9-12H2,1H3. The van der Waals surface area contributed by atoms with Crippen LogP contribution in [0.1, 0.15) is 29.6 Å². The highest BCUT2D eigenvalue weighted by molar-refractivity contribution is 7.16. The lowest BCUT2D eigenvalue weighted by molar-refractivity contribution is 0.0525. The molecule has 2 aromatic carbocycles. The Kier molecular flexibility index (Phi) is 6.67. The number of hydrogen-bond acceptors (Lipinski definition) is 7. The minimum atomic E-state index is -0.451. The molecule has 0 radical (unpaired) electrons. The van der Waals surface area contributed by atoms with Gasteiger partial charge in [-0.3, -0.25) is 0 Å². The normalized spacial score (nSPS) is 14.5. The summed E-state index contributed by atoms with van der Waals surface area (Å²) in [6.07, 6.45) is 1.62. The first-order valence-electron chi connectivity index (χ1n) is 10.0. The molecule has 0 saturated carbocycles. The van der Waals surface area contributed by atoms with Crippen LogP contribution in [-0.2, 0) is 4.74 Å². The van der Waals surface area contributed by atoms with Crippen LogP contribution >= 0.6 is 22.9 Å². The lowest BCUT2D eigenvalue weighted by Gasteiger charge is -2.34. The Labute approximate surface area is 188 Å². The summed E-state index contributed by atoms with van der Waals surface area (Å²) in [7, 11) is 0. The van der Waals surface area contributed by atoms with Gasteiger partial charge in [0.1, 0.15) is 22.7 Å². The van der Waals surface area contributed by atoms with E-state index >= 15 is 0 Å². The monoisotopic (exact) mass is 461 g/mol. The molecule has 1 saturated heterocycles. The summed E-state index contributed by atoms with van der Waals surface area (Å²) in [5.74, 6) is -0.419. The fraction of sp³-hybridized carbons (Fsp3) is 0.318. The summed E-state index contributed by atoms with van der Waals surface area (Å²) in [6, 6.07) is 12.2. The Morgan fingerprint density at radius 2 is 1.94 bits per heavy atom. The molecule has 0 aliphatic carbocycles. The third kappa shape index (κ3) is 5.14. The van der Waals surface area contributed by atoms with E-state index in [0.717, 1.165) is 37.2 Å². The molecule has 4 rings (SSSR count). The third-order valence-corrected chi connectivity index (χ3v) is 6.25. The van der Waals surface area contributed by atoms with E-state index in [9.17, 15) is 9.18 Å². The maximum absolute atomic E-state index is 13.4. The van der Waals surface area contributed by atoms with Crippen molar-refractivity contribution in [2.75, 3.05) is 24.6 Å². The van der Waals surface area contributed by atoms with E-state index in [-0.39, 0.29) is 16.9 Å². The summed E-state index contributed by atoms with van der Waals surface area (Å²) >= 11 is 7.32. The summed E-state index contributed by atoms with van der Waals surface area (Å²) in [5.41, 5.74) is 2.00. The number of benzene rings is 2. The second kappa shape index (κ2) is 9.62. The van der Waals surface area contributed by atoms with E-state index in [2.05, 4.69) is 15.1 Å². The van der Waals surface area contributed by atoms with Crippen molar-refractivity contribution in [1.29, 1.82) is 0 Å². The minimum absolute atomic E-state index is 0.00230. The Balaban J connectivity index is 1.35. The van der Waals surface area contributed by atoms with Crippen LogP contribution in [0.15, 0.2) is 42.5 Å².